The highest BCUT2D eigenvalue weighted by Gasteiger charge is 2.46. The lowest BCUT2D eigenvalue weighted by Gasteiger charge is -2.18. The fraction of sp³-hybridized carbons (Fsp3) is 0.462. The molecule has 1 aromatic rings. The van der Waals surface area contributed by atoms with E-state index in [1.165, 1.54) is 0 Å². The van der Waals surface area contributed by atoms with E-state index in [1.807, 2.05) is 24.3 Å². The van der Waals surface area contributed by atoms with Gasteiger partial charge in [-0.25, -0.2) is 4.79 Å². The van der Waals surface area contributed by atoms with E-state index < -0.39 is 0 Å². The van der Waals surface area contributed by atoms with Crippen molar-refractivity contribution in [1.29, 1.82) is 0 Å². The Kier molecular flexibility index (Phi) is 2.24. The minimum Gasteiger partial charge on any atom is -0.399 e. The number of amides is 2. The first-order valence-corrected chi connectivity index (χ1v) is 6.13. The number of urea groups is 1. The number of carbonyl (C=O) groups is 1. The van der Waals surface area contributed by atoms with Gasteiger partial charge in [-0.15, -0.1) is 0 Å². The SMILES string of the molecule is Nc1ccc(C2(NC(=O)NC3CC3)CC2)cc1. The monoisotopic (exact) mass is 231 g/mol. The third kappa shape index (κ3) is 2.20. The van der Waals surface area contributed by atoms with Gasteiger partial charge in [-0.2, -0.15) is 0 Å². The second-order valence-electron chi connectivity index (χ2n) is 5.08. The Balaban J connectivity index is 1.68. The summed E-state index contributed by atoms with van der Waals surface area (Å²) in [4.78, 5) is 11.7. The molecule has 1 aromatic carbocycles. The van der Waals surface area contributed by atoms with Crippen LogP contribution in [-0.2, 0) is 5.54 Å². The smallest absolute Gasteiger partial charge is 0.315 e. The van der Waals surface area contributed by atoms with Crippen molar-refractivity contribution >= 4 is 11.7 Å². The molecule has 0 spiro atoms. The lowest BCUT2D eigenvalue weighted by atomic mass is 10.0. The van der Waals surface area contributed by atoms with E-state index in [0.717, 1.165) is 36.9 Å². The minimum absolute atomic E-state index is 0.0400. The molecule has 3 rings (SSSR count). The zero-order chi connectivity index (χ0) is 11.9. The molecule has 2 aliphatic rings. The van der Waals surface area contributed by atoms with Gasteiger partial charge >= 0.3 is 6.03 Å². The molecule has 0 saturated heterocycles. The molecule has 17 heavy (non-hydrogen) atoms. The zero-order valence-electron chi connectivity index (χ0n) is 9.70. The van der Waals surface area contributed by atoms with E-state index in [4.69, 9.17) is 5.73 Å². The Morgan fingerprint density at radius 3 is 2.41 bits per heavy atom. The summed E-state index contributed by atoms with van der Waals surface area (Å²) in [5.41, 5.74) is 7.43. The molecule has 2 aliphatic carbocycles. The highest BCUT2D eigenvalue weighted by Crippen LogP contribution is 2.45. The molecule has 0 atom stereocenters. The number of nitrogens with two attached hydrogens (primary N) is 1. The molecule has 0 radical (unpaired) electrons. The van der Waals surface area contributed by atoms with E-state index in [1.54, 1.807) is 0 Å². The number of carbonyl (C=O) groups excluding carboxylic acids is 1. The second-order valence-corrected chi connectivity index (χ2v) is 5.08. The molecule has 0 bridgehead atoms. The normalized spacial score (nSPS) is 20.7. The fourth-order valence-corrected chi connectivity index (χ4v) is 2.08. The summed E-state index contributed by atoms with van der Waals surface area (Å²) in [5, 5.41) is 6.04. The van der Waals surface area contributed by atoms with Crippen LogP contribution in [0.15, 0.2) is 24.3 Å². The van der Waals surface area contributed by atoms with Crippen LogP contribution < -0.4 is 16.4 Å². The minimum atomic E-state index is -0.146. The van der Waals surface area contributed by atoms with E-state index in [0.29, 0.717) is 6.04 Å². The molecule has 0 aromatic heterocycles. The number of anilines is 1. The van der Waals surface area contributed by atoms with E-state index in [9.17, 15) is 4.79 Å². The third-order valence-electron chi connectivity index (χ3n) is 3.48. The summed E-state index contributed by atoms with van der Waals surface area (Å²) in [6, 6.07) is 8.13. The fourth-order valence-electron chi connectivity index (χ4n) is 2.08. The second kappa shape index (κ2) is 3.65. The quantitative estimate of drug-likeness (QED) is 0.693. The van der Waals surface area contributed by atoms with Crippen LogP contribution in [0.5, 0.6) is 0 Å². The number of hydrogen-bond donors (Lipinski definition) is 3. The van der Waals surface area contributed by atoms with Gasteiger partial charge in [0, 0.05) is 11.7 Å². The maximum atomic E-state index is 11.7. The van der Waals surface area contributed by atoms with Gasteiger partial charge in [0.1, 0.15) is 0 Å². The van der Waals surface area contributed by atoms with E-state index in [-0.39, 0.29) is 11.6 Å². The van der Waals surface area contributed by atoms with Crippen LogP contribution in [0.3, 0.4) is 0 Å². The Hall–Kier alpha value is -1.71. The van der Waals surface area contributed by atoms with Crippen molar-refractivity contribution in [1.82, 2.24) is 10.6 Å². The van der Waals surface area contributed by atoms with E-state index >= 15 is 0 Å². The van der Waals surface area contributed by atoms with Crippen LogP contribution in [0.4, 0.5) is 10.5 Å². The van der Waals surface area contributed by atoms with Crippen molar-refractivity contribution < 1.29 is 4.79 Å². The highest BCUT2D eigenvalue weighted by molar-refractivity contribution is 5.76. The molecule has 4 heteroatoms. The van der Waals surface area contributed by atoms with Crippen LogP contribution in [0.1, 0.15) is 31.2 Å². The number of nitrogens with one attached hydrogen (secondary N) is 2. The summed E-state index contributed by atoms with van der Waals surface area (Å²) in [5.74, 6) is 0. The molecule has 2 amide bonds. The average molecular weight is 231 g/mol. The van der Waals surface area contributed by atoms with Crippen molar-refractivity contribution in [3.63, 3.8) is 0 Å². The first-order chi connectivity index (χ1) is 8.18. The molecule has 0 aliphatic heterocycles. The number of hydrogen-bond acceptors (Lipinski definition) is 2. The lowest BCUT2D eigenvalue weighted by Crippen LogP contribution is -2.43. The summed E-state index contributed by atoms with van der Waals surface area (Å²) in [7, 11) is 0. The van der Waals surface area contributed by atoms with E-state index in [2.05, 4.69) is 10.6 Å². The number of benzene rings is 1. The summed E-state index contributed by atoms with van der Waals surface area (Å²) < 4.78 is 0. The van der Waals surface area contributed by atoms with Crippen molar-refractivity contribution in [2.75, 3.05) is 5.73 Å². The van der Waals surface area contributed by atoms with Gasteiger partial charge in [0.05, 0.1) is 5.54 Å². The highest BCUT2D eigenvalue weighted by atomic mass is 16.2. The Morgan fingerprint density at radius 1 is 1.24 bits per heavy atom. The van der Waals surface area contributed by atoms with Crippen molar-refractivity contribution in [2.45, 2.75) is 37.3 Å². The molecule has 4 N–H and O–H groups in total. The molecule has 90 valence electrons. The molecule has 0 heterocycles. The van der Waals surface area contributed by atoms with Crippen molar-refractivity contribution in [3.8, 4) is 0 Å². The lowest BCUT2D eigenvalue weighted by molar-refractivity contribution is 0.235. The van der Waals surface area contributed by atoms with Gasteiger partial charge < -0.3 is 16.4 Å². The van der Waals surface area contributed by atoms with Gasteiger partial charge in [-0.1, -0.05) is 12.1 Å². The van der Waals surface area contributed by atoms with Gasteiger partial charge in [0.25, 0.3) is 0 Å². The Labute approximate surface area is 101 Å². The standard InChI is InChI=1S/C13H17N3O/c14-10-3-1-9(2-4-10)13(7-8-13)16-12(17)15-11-5-6-11/h1-4,11H,5-8,14H2,(H2,15,16,17). The van der Waals surface area contributed by atoms with Gasteiger partial charge in [0.15, 0.2) is 0 Å². The largest absolute Gasteiger partial charge is 0.399 e. The first-order valence-electron chi connectivity index (χ1n) is 6.13. The average Bonchev–Trinajstić information content (AvgIpc) is 3.17. The van der Waals surface area contributed by atoms with Crippen LogP contribution in [0.25, 0.3) is 0 Å². The number of nitrogen functional groups attached to an aromatic ring is 1. The van der Waals surface area contributed by atoms with Gasteiger partial charge in [-0.3, -0.25) is 0 Å². The third-order valence-corrected chi connectivity index (χ3v) is 3.48. The molecule has 2 saturated carbocycles. The van der Waals surface area contributed by atoms with Crippen molar-refractivity contribution in [3.05, 3.63) is 29.8 Å². The molecule has 2 fully saturated rings. The predicted molar refractivity (Wildman–Crippen MR) is 66.5 cm³/mol. The molecule has 4 nitrogen and oxygen atoms in total. The zero-order valence-corrected chi connectivity index (χ0v) is 9.70. The molecular weight excluding hydrogens is 214 g/mol. The summed E-state index contributed by atoms with van der Waals surface area (Å²) in [6.45, 7) is 0. The van der Waals surface area contributed by atoms with Gasteiger partial charge in [-0.05, 0) is 43.4 Å². The maximum Gasteiger partial charge on any atom is 0.315 e. The number of rotatable bonds is 3. The van der Waals surface area contributed by atoms with Gasteiger partial charge in [0.2, 0.25) is 0 Å². The first kappa shape index (κ1) is 10.4. The van der Waals surface area contributed by atoms with Crippen LogP contribution in [0.2, 0.25) is 0 Å². The summed E-state index contributed by atoms with van der Waals surface area (Å²) >= 11 is 0. The molecular formula is C13H17N3O. The molecule has 0 unspecified atom stereocenters. The van der Waals surface area contributed by atoms with Crippen LogP contribution in [-0.4, -0.2) is 12.1 Å². The summed E-state index contributed by atoms with van der Waals surface area (Å²) in [6.07, 6.45) is 4.24. The van der Waals surface area contributed by atoms with Crippen LogP contribution >= 0.6 is 0 Å². The Morgan fingerprint density at radius 2 is 1.88 bits per heavy atom. The van der Waals surface area contributed by atoms with Crippen LogP contribution in [0, 0.1) is 0 Å². The van der Waals surface area contributed by atoms with Crippen molar-refractivity contribution in [2.24, 2.45) is 0 Å². The predicted octanol–water partition coefficient (Wildman–Crippen LogP) is 1.72. The maximum absolute atomic E-state index is 11.7. The Bertz CT molecular complexity index is 432. The topological polar surface area (TPSA) is 67.1 Å².